The van der Waals surface area contributed by atoms with Crippen LogP contribution in [0, 0.1) is 5.82 Å². The fraction of sp³-hybridized carbons (Fsp3) is 0.500. The second kappa shape index (κ2) is 5.35. The van der Waals surface area contributed by atoms with Crippen LogP contribution in [0.5, 0.6) is 0 Å². The van der Waals surface area contributed by atoms with Crippen molar-refractivity contribution in [3.63, 3.8) is 0 Å². The van der Waals surface area contributed by atoms with Gasteiger partial charge in [-0.2, -0.15) is 0 Å². The highest BCUT2D eigenvalue weighted by molar-refractivity contribution is 6.30. The summed E-state index contributed by atoms with van der Waals surface area (Å²) in [5.74, 6) is -0.294. The van der Waals surface area contributed by atoms with Crippen molar-refractivity contribution in [3.05, 3.63) is 34.6 Å². The number of benzene rings is 1. The van der Waals surface area contributed by atoms with Crippen LogP contribution in [0.15, 0.2) is 18.2 Å². The Hall–Kier alpha value is -0.310. The van der Waals surface area contributed by atoms with Crippen molar-refractivity contribution in [2.75, 3.05) is 13.1 Å². The third-order valence-corrected chi connectivity index (χ3v) is 3.67. The van der Waals surface area contributed by atoms with E-state index in [1.165, 1.54) is 0 Å². The predicted molar refractivity (Wildman–Crippen MR) is 65.6 cm³/mol. The minimum atomic E-state index is -0.294. The van der Waals surface area contributed by atoms with Crippen LogP contribution < -0.4 is 0 Å². The van der Waals surface area contributed by atoms with E-state index < -0.39 is 0 Å². The highest BCUT2D eigenvalue weighted by atomic mass is 35.5. The number of rotatable bonds is 2. The van der Waals surface area contributed by atoms with Gasteiger partial charge in [-0.3, -0.25) is 4.90 Å². The minimum Gasteiger partial charge on any atom is -0.299 e. The Morgan fingerprint density at radius 2 is 2.00 bits per heavy atom. The quantitative estimate of drug-likeness (QED) is 0.735. The zero-order chi connectivity index (χ0) is 11.5. The van der Waals surface area contributed by atoms with Crippen molar-refractivity contribution >= 4 is 23.2 Å². The largest absolute Gasteiger partial charge is 0.299 e. The first-order valence-electron chi connectivity index (χ1n) is 5.46. The molecule has 88 valence electrons. The molecule has 0 unspecified atom stereocenters. The van der Waals surface area contributed by atoms with E-state index in [0.717, 1.165) is 25.9 Å². The molecule has 1 aromatic carbocycles. The number of nitrogens with zero attached hydrogens (tertiary/aromatic N) is 1. The van der Waals surface area contributed by atoms with Crippen LogP contribution in [0.25, 0.3) is 0 Å². The number of likely N-dealkylation sites (tertiary alicyclic amines) is 1. The van der Waals surface area contributed by atoms with Crippen molar-refractivity contribution in [1.29, 1.82) is 0 Å². The van der Waals surface area contributed by atoms with E-state index in [0.29, 0.717) is 12.1 Å². The van der Waals surface area contributed by atoms with E-state index >= 15 is 0 Å². The van der Waals surface area contributed by atoms with E-state index in [4.69, 9.17) is 23.2 Å². The summed E-state index contributed by atoms with van der Waals surface area (Å²) in [6.45, 7) is 2.48. The monoisotopic (exact) mass is 261 g/mol. The highest BCUT2D eigenvalue weighted by Gasteiger charge is 2.18. The maximum atomic E-state index is 13.6. The molecule has 2 rings (SSSR count). The zero-order valence-corrected chi connectivity index (χ0v) is 10.4. The number of halogens is 3. The topological polar surface area (TPSA) is 3.24 Å². The molecule has 1 aliphatic rings. The van der Waals surface area contributed by atoms with E-state index in [2.05, 4.69) is 4.90 Å². The Balaban J connectivity index is 2.01. The molecule has 4 heteroatoms. The number of hydrogen-bond donors (Lipinski definition) is 0. The van der Waals surface area contributed by atoms with Gasteiger partial charge in [0.2, 0.25) is 0 Å². The van der Waals surface area contributed by atoms with Gasteiger partial charge in [0.15, 0.2) is 0 Å². The minimum absolute atomic E-state index is 0.199. The second-order valence-electron chi connectivity index (χ2n) is 4.16. The third-order valence-electron chi connectivity index (χ3n) is 2.94. The molecule has 0 aromatic heterocycles. The van der Waals surface area contributed by atoms with Gasteiger partial charge in [0.1, 0.15) is 5.82 Å². The molecule has 0 amide bonds. The van der Waals surface area contributed by atoms with Gasteiger partial charge in [0.25, 0.3) is 0 Å². The van der Waals surface area contributed by atoms with Crippen LogP contribution >= 0.6 is 23.2 Å². The van der Waals surface area contributed by atoms with Gasteiger partial charge in [-0.25, -0.2) is 4.39 Å². The fourth-order valence-corrected chi connectivity index (χ4v) is 2.36. The lowest BCUT2D eigenvalue weighted by Crippen LogP contribution is -2.33. The SMILES string of the molecule is Fc1c(Cl)cccc1CN1CCC(Cl)CC1. The normalized spacial score (nSPS) is 18.9. The summed E-state index contributed by atoms with van der Waals surface area (Å²) in [5.41, 5.74) is 0.667. The summed E-state index contributed by atoms with van der Waals surface area (Å²) in [4.78, 5) is 2.22. The first-order chi connectivity index (χ1) is 7.66. The molecule has 0 spiro atoms. The van der Waals surface area contributed by atoms with Crippen molar-refractivity contribution in [1.82, 2.24) is 4.90 Å². The summed E-state index contributed by atoms with van der Waals surface area (Å²) >= 11 is 11.8. The first kappa shape index (κ1) is 12.2. The average molecular weight is 262 g/mol. The van der Waals surface area contributed by atoms with E-state index in [9.17, 15) is 4.39 Å². The molecule has 0 saturated carbocycles. The summed E-state index contributed by atoms with van der Waals surface area (Å²) in [6, 6.07) is 5.15. The maximum absolute atomic E-state index is 13.6. The van der Waals surface area contributed by atoms with Gasteiger partial charge >= 0.3 is 0 Å². The lowest BCUT2D eigenvalue weighted by Gasteiger charge is -2.29. The standard InChI is InChI=1S/C12H14Cl2FN/c13-10-4-6-16(7-5-10)8-9-2-1-3-11(14)12(9)15/h1-3,10H,4-8H2. The van der Waals surface area contributed by atoms with Crippen molar-refractivity contribution in [2.24, 2.45) is 0 Å². The molecule has 0 aliphatic carbocycles. The zero-order valence-electron chi connectivity index (χ0n) is 8.93. The van der Waals surface area contributed by atoms with Crippen LogP contribution in [-0.2, 0) is 6.54 Å². The summed E-state index contributed by atoms with van der Waals surface area (Å²) in [5, 5.41) is 0.477. The number of piperidine rings is 1. The molecule has 1 saturated heterocycles. The molecule has 0 bridgehead atoms. The van der Waals surface area contributed by atoms with Crippen LogP contribution in [0.4, 0.5) is 4.39 Å². The summed E-state index contributed by atoms with van der Waals surface area (Å²) < 4.78 is 13.6. The molecular weight excluding hydrogens is 248 g/mol. The van der Waals surface area contributed by atoms with Gasteiger partial charge in [-0.1, -0.05) is 23.7 Å². The molecule has 1 nitrogen and oxygen atoms in total. The molecule has 1 aliphatic heterocycles. The molecule has 0 radical (unpaired) electrons. The van der Waals surface area contributed by atoms with Gasteiger partial charge in [0, 0.05) is 17.5 Å². The lowest BCUT2D eigenvalue weighted by molar-refractivity contribution is 0.220. The summed E-state index contributed by atoms with van der Waals surface area (Å²) in [6.07, 6.45) is 1.95. The molecule has 0 atom stereocenters. The van der Waals surface area contributed by atoms with E-state index in [-0.39, 0.29) is 16.2 Å². The van der Waals surface area contributed by atoms with Gasteiger partial charge < -0.3 is 0 Å². The molecule has 16 heavy (non-hydrogen) atoms. The van der Waals surface area contributed by atoms with Gasteiger partial charge in [-0.05, 0) is 32.0 Å². The van der Waals surface area contributed by atoms with Gasteiger partial charge in [-0.15, -0.1) is 11.6 Å². The average Bonchev–Trinajstić information content (AvgIpc) is 2.28. The lowest BCUT2D eigenvalue weighted by atomic mass is 10.1. The Bertz CT molecular complexity index is 362. The van der Waals surface area contributed by atoms with Gasteiger partial charge in [0.05, 0.1) is 5.02 Å². The van der Waals surface area contributed by atoms with E-state index in [1.54, 1.807) is 18.2 Å². The summed E-state index contributed by atoms with van der Waals surface area (Å²) in [7, 11) is 0. The first-order valence-corrected chi connectivity index (χ1v) is 6.27. The van der Waals surface area contributed by atoms with Crippen LogP contribution in [-0.4, -0.2) is 23.4 Å². The van der Waals surface area contributed by atoms with Crippen molar-refractivity contribution in [3.8, 4) is 0 Å². The Labute approximate surface area is 105 Å². The van der Waals surface area contributed by atoms with Crippen molar-refractivity contribution in [2.45, 2.75) is 24.8 Å². The molecular formula is C12H14Cl2FN. The number of hydrogen-bond acceptors (Lipinski definition) is 1. The van der Waals surface area contributed by atoms with Crippen LogP contribution in [0.3, 0.4) is 0 Å². The van der Waals surface area contributed by atoms with Crippen LogP contribution in [0.1, 0.15) is 18.4 Å². The molecule has 1 fully saturated rings. The fourth-order valence-electron chi connectivity index (χ4n) is 1.97. The molecule has 0 N–H and O–H groups in total. The number of alkyl halides is 1. The second-order valence-corrected chi connectivity index (χ2v) is 5.19. The Kier molecular flexibility index (Phi) is 4.06. The molecule has 1 heterocycles. The Morgan fingerprint density at radius 3 is 2.69 bits per heavy atom. The maximum Gasteiger partial charge on any atom is 0.146 e. The predicted octanol–water partition coefficient (Wildman–Crippen LogP) is 3.68. The van der Waals surface area contributed by atoms with E-state index in [1.807, 2.05) is 0 Å². The van der Waals surface area contributed by atoms with Crippen LogP contribution in [0.2, 0.25) is 5.02 Å². The highest BCUT2D eigenvalue weighted by Crippen LogP contribution is 2.22. The smallest absolute Gasteiger partial charge is 0.146 e. The molecule has 1 aromatic rings. The van der Waals surface area contributed by atoms with Crippen molar-refractivity contribution < 1.29 is 4.39 Å². The Morgan fingerprint density at radius 1 is 1.31 bits per heavy atom. The third kappa shape index (κ3) is 2.88.